The summed E-state index contributed by atoms with van der Waals surface area (Å²) in [7, 11) is 0. The van der Waals surface area contributed by atoms with Crippen molar-refractivity contribution in [3.63, 3.8) is 0 Å². The van der Waals surface area contributed by atoms with Crippen molar-refractivity contribution in [2.24, 2.45) is 0 Å². The topological polar surface area (TPSA) is 67.9 Å². The molecule has 6 heteroatoms. The van der Waals surface area contributed by atoms with Crippen molar-refractivity contribution in [3.8, 4) is 6.07 Å². The second kappa shape index (κ2) is 7.97. The monoisotopic (exact) mass is 317 g/mol. The molecular weight excluding hydrogens is 298 g/mol. The van der Waals surface area contributed by atoms with E-state index in [1.165, 1.54) is 11.8 Å². The van der Waals surface area contributed by atoms with Gasteiger partial charge < -0.3 is 4.74 Å². The number of aromatic nitrogens is 2. The summed E-state index contributed by atoms with van der Waals surface area (Å²) in [6.45, 7) is 5.55. The first-order chi connectivity index (χ1) is 10.7. The molecule has 0 N–H and O–H groups in total. The van der Waals surface area contributed by atoms with Crippen molar-refractivity contribution in [1.29, 1.82) is 5.26 Å². The molecule has 2 rings (SSSR count). The van der Waals surface area contributed by atoms with E-state index < -0.39 is 0 Å². The third kappa shape index (κ3) is 3.87. The molecule has 0 saturated carbocycles. The highest BCUT2D eigenvalue weighted by atomic mass is 32.2. The lowest BCUT2D eigenvalue weighted by atomic mass is 10.2. The average molecular weight is 317 g/mol. The Morgan fingerprint density at radius 2 is 2.23 bits per heavy atom. The van der Waals surface area contributed by atoms with Crippen LogP contribution in [0, 0.1) is 11.3 Å². The minimum atomic E-state index is -0.258. The van der Waals surface area contributed by atoms with Gasteiger partial charge in [-0.1, -0.05) is 23.9 Å². The first kappa shape index (κ1) is 16.5. The van der Waals surface area contributed by atoms with Crippen molar-refractivity contribution >= 4 is 22.7 Å². The molecule has 116 valence electrons. The minimum Gasteiger partial charge on any atom is -0.382 e. The molecule has 0 radical (unpaired) electrons. The molecule has 0 fully saturated rings. The van der Waals surface area contributed by atoms with Gasteiger partial charge in [0.2, 0.25) is 0 Å². The summed E-state index contributed by atoms with van der Waals surface area (Å²) < 4.78 is 6.98. The minimum absolute atomic E-state index is 0.0604. The average Bonchev–Trinajstić information content (AvgIpc) is 2.53. The number of para-hydroxylation sites is 1. The Morgan fingerprint density at radius 3 is 2.95 bits per heavy atom. The van der Waals surface area contributed by atoms with Gasteiger partial charge in [0.1, 0.15) is 0 Å². The molecule has 1 aromatic heterocycles. The van der Waals surface area contributed by atoms with Crippen molar-refractivity contribution in [3.05, 3.63) is 34.6 Å². The predicted molar refractivity (Wildman–Crippen MR) is 88.0 cm³/mol. The van der Waals surface area contributed by atoms with Crippen LogP contribution in [-0.4, -0.2) is 28.0 Å². The van der Waals surface area contributed by atoms with E-state index >= 15 is 0 Å². The number of hydrogen-bond acceptors (Lipinski definition) is 5. The number of ether oxygens (including phenoxy) is 1. The fraction of sp³-hybridized carbons (Fsp3) is 0.438. The number of benzene rings is 1. The van der Waals surface area contributed by atoms with Crippen molar-refractivity contribution in [2.75, 3.05) is 13.2 Å². The number of fused-ring (bicyclic) bond motifs is 1. The van der Waals surface area contributed by atoms with Crippen LogP contribution in [0.5, 0.6) is 0 Å². The van der Waals surface area contributed by atoms with Gasteiger partial charge in [-0.25, -0.2) is 4.98 Å². The van der Waals surface area contributed by atoms with Gasteiger partial charge in [-0.2, -0.15) is 5.26 Å². The largest absolute Gasteiger partial charge is 0.382 e. The highest BCUT2D eigenvalue weighted by Crippen LogP contribution is 2.22. The molecule has 0 unspecified atom stereocenters. The highest BCUT2D eigenvalue weighted by molar-refractivity contribution is 8.00. The lowest BCUT2D eigenvalue weighted by molar-refractivity contribution is 0.140. The van der Waals surface area contributed by atoms with E-state index in [9.17, 15) is 4.79 Å². The first-order valence-corrected chi connectivity index (χ1v) is 8.19. The SMILES string of the molecule is CCOCCCn1c(S[C@H](C)C#N)nc2ccccc2c1=O. The van der Waals surface area contributed by atoms with Crippen LogP contribution in [0.3, 0.4) is 0 Å². The second-order valence-electron chi connectivity index (χ2n) is 4.81. The maximum atomic E-state index is 12.7. The summed E-state index contributed by atoms with van der Waals surface area (Å²) in [4.78, 5) is 17.2. The fourth-order valence-corrected chi connectivity index (χ4v) is 2.91. The molecule has 0 saturated heterocycles. The van der Waals surface area contributed by atoms with Gasteiger partial charge in [0.25, 0.3) is 5.56 Å². The summed E-state index contributed by atoms with van der Waals surface area (Å²) in [5, 5.41) is 9.95. The van der Waals surface area contributed by atoms with Crippen molar-refractivity contribution in [1.82, 2.24) is 9.55 Å². The van der Waals surface area contributed by atoms with Gasteiger partial charge in [0, 0.05) is 19.8 Å². The molecule has 22 heavy (non-hydrogen) atoms. The molecule has 0 aliphatic carbocycles. The van der Waals surface area contributed by atoms with Crippen LogP contribution >= 0.6 is 11.8 Å². The Bertz CT molecular complexity index is 736. The molecule has 5 nitrogen and oxygen atoms in total. The second-order valence-corrected chi connectivity index (χ2v) is 6.12. The number of nitrogens with zero attached hydrogens (tertiary/aromatic N) is 3. The first-order valence-electron chi connectivity index (χ1n) is 7.31. The number of thioether (sulfide) groups is 1. The summed E-state index contributed by atoms with van der Waals surface area (Å²) in [6, 6.07) is 9.46. The molecule has 1 heterocycles. The zero-order chi connectivity index (χ0) is 15.9. The number of nitriles is 1. The lowest BCUT2D eigenvalue weighted by Gasteiger charge is -2.13. The zero-order valence-corrected chi connectivity index (χ0v) is 13.6. The van der Waals surface area contributed by atoms with Gasteiger partial charge in [0.15, 0.2) is 5.16 Å². The number of hydrogen-bond donors (Lipinski definition) is 0. The molecule has 0 aliphatic heterocycles. The van der Waals surface area contributed by atoms with E-state index in [4.69, 9.17) is 10.00 Å². The van der Waals surface area contributed by atoms with Crippen LogP contribution in [-0.2, 0) is 11.3 Å². The van der Waals surface area contributed by atoms with Gasteiger partial charge in [-0.15, -0.1) is 0 Å². The van der Waals surface area contributed by atoms with Gasteiger partial charge in [-0.3, -0.25) is 9.36 Å². The molecular formula is C16H19N3O2S. The van der Waals surface area contributed by atoms with Crippen LogP contribution in [0.2, 0.25) is 0 Å². The van der Waals surface area contributed by atoms with Crippen LogP contribution in [0.1, 0.15) is 20.3 Å². The molecule has 0 spiro atoms. The van der Waals surface area contributed by atoms with E-state index in [1.807, 2.05) is 25.1 Å². The lowest BCUT2D eigenvalue weighted by Crippen LogP contribution is -2.24. The van der Waals surface area contributed by atoms with E-state index in [0.29, 0.717) is 35.8 Å². The summed E-state index contributed by atoms with van der Waals surface area (Å²) >= 11 is 1.31. The fourth-order valence-electron chi connectivity index (χ4n) is 2.09. The van der Waals surface area contributed by atoms with Gasteiger partial charge in [0.05, 0.1) is 22.2 Å². The molecule has 1 aromatic carbocycles. The molecule has 0 amide bonds. The Morgan fingerprint density at radius 1 is 1.45 bits per heavy atom. The molecule has 0 aliphatic rings. The molecule has 0 bridgehead atoms. The van der Waals surface area contributed by atoms with Crippen molar-refractivity contribution < 1.29 is 4.74 Å². The van der Waals surface area contributed by atoms with E-state index in [0.717, 1.165) is 6.42 Å². The third-order valence-corrected chi connectivity index (χ3v) is 4.15. The van der Waals surface area contributed by atoms with Crippen LogP contribution in [0.15, 0.2) is 34.2 Å². The van der Waals surface area contributed by atoms with Crippen LogP contribution in [0.25, 0.3) is 10.9 Å². The Hall–Kier alpha value is -1.84. The van der Waals surface area contributed by atoms with Crippen LogP contribution < -0.4 is 5.56 Å². The maximum absolute atomic E-state index is 12.7. The third-order valence-electron chi connectivity index (χ3n) is 3.17. The van der Waals surface area contributed by atoms with E-state index in [2.05, 4.69) is 11.1 Å². The molecule has 2 aromatic rings. The smallest absolute Gasteiger partial charge is 0.262 e. The Labute approximate surface area is 133 Å². The number of rotatable bonds is 7. The summed E-state index contributed by atoms with van der Waals surface area (Å²) in [5.41, 5.74) is 0.607. The summed E-state index contributed by atoms with van der Waals surface area (Å²) in [5.74, 6) is 0. The maximum Gasteiger partial charge on any atom is 0.262 e. The zero-order valence-electron chi connectivity index (χ0n) is 12.8. The normalized spacial score (nSPS) is 12.2. The van der Waals surface area contributed by atoms with Crippen molar-refractivity contribution in [2.45, 2.75) is 37.2 Å². The highest BCUT2D eigenvalue weighted by Gasteiger charge is 2.13. The van der Waals surface area contributed by atoms with E-state index in [-0.39, 0.29) is 10.8 Å². The quantitative estimate of drug-likeness (QED) is 0.446. The predicted octanol–water partition coefficient (Wildman–Crippen LogP) is 2.83. The van der Waals surface area contributed by atoms with Gasteiger partial charge in [-0.05, 0) is 32.4 Å². The van der Waals surface area contributed by atoms with Crippen LogP contribution in [0.4, 0.5) is 0 Å². The molecule has 1 atom stereocenters. The van der Waals surface area contributed by atoms with E-state index in [1.54, 1.807) is 17.6 Å². The Balaban J connectivity index is 2.40. The standard InChI is InChI=1S/C16H19N3O2S/c1-3-21-10-6-9-19-15(20)13-7-4-5-8-14(13)18-16(19)22-12(2)11-17/h4-5,7-8,12H,3,6,9-10H2,1-2H3/t12-/m1/s1. The van der Waals surface area contributed by atoms with Gasteiger partial charge >= 0.3 is 0 Å². The Kier molecular flexibility index (Phi) is 5.99. The summed E-state index contributed by atoms with van der Waals surface area (Å²) in [6.07, 6.45) is 0.738.